The van der Waals surface area contributed by atoms with Crippen LogP contribution < -0.4 is 16.6 Å². The first-order valence-electron chi connectivity index (χ1n) is 4.84. The summed E-state index contributed by atoms with van der Waals surface area (Å²) in [5.41, 5.74) is 2.29. The number of hydrogen-bond acceptors (Lipinski definition) is 4. The van der Waals surface area contributed by atoms with Crippen molar-refractivity contribution in [2.75, 3.05) is 32.8 Å². The number of hydrogen-bond donors (Lipinski definition) is 3. The molecule has 15 heavy (non-hydrogen) atoms. The first kappa shape index (κ1) is 12.2. The Kier molecular flexibility index (Phi) is 5.30. The summed E-state index contributed by atoms with van der Waals surface area (Å²) < 4.78 is 5.15. The molecule has 0 unspecified atom stereocenters. The van der Waals surface area contributed by atoms with E-state index in [-0.39, 0.29) is 5.91 Å². The highest BCUT2D eigenvalue weighted by atomic mass is 32.1. The minimum atomic E-state index is 0.116. The maximum Gasteiger partial charge on any atom is 0.224 e. The molecule has 0 radical (unpaired) electrons. The summed E-state index contributed by atoms with van der Waals surface area (Å²) in [6.07, 6.45) is 0.418. The molecular weight excluding hydrogens is 216 g/mol. The Morgan fingerprint density at radius 1 is 1.47 bits per heavy atom. The number of amides is 1. The van der Waals surface area contributed by atoms with Crippen molar-refractivity contribution in [3.63, 3.8) is 0 Å². The Morgan fingerprint density at radius 2 is 2.13 bits per heavy atom. The van der Waals surface area contributed by atoms with Gasteiger partial charge in [-0.1, -0.05) is 0 Å². The fourth-order valence-corrected chi connectivity index (χ4v) is 1.41. The van der Waals surface area contributed by atoms with E-state index in [4.69, 9.17) is 22.8 Å². The zero-order valence-corrected chi connectivity index (χ0v) is 9.31. The van der Waals surface area contributed by atoms with E-state index in [1.165, 1.54) is 0 Å². The highest BCUT2D eigenvalue weighted by molar-refractivity contribution is 7.80. The van der Waals surface area contributed by atoms with Crippen LogP contribution in [0.25, 0.3) is 0 Å². The zero-order chi connectivity index (χ0) is 11.1. The highest BCUT2D eigenvalue weighted by Crippen LogP contribution is 1.99. The third-order valence-electron chi connectivity index (χ3n) is 2.12. The van der Waals surface area contributed by atoms with Gasteiger partial charge in [0.25, 0.3) is 0 Å². The lowest BCUT2D eigenvalue weighted by Crippen LogP contribution is -2.44. The number of rotatable bonds is 3. The molecule has 1 heterocycles. The summed E-state index contributed by atoms with van der Waals surface area (Å²) >= 11 is 4.77. The minimum Gasteiger partial charge on any atom is -0.378 e. The molecule has 0 aromatic carbocycles. The zero-order valence-electron chi connectivity index (χ0n) is 8.49. The first-order chi connectivity index (χ1) is 7.24. The Morgan fingerprint density at radius 3 is 2.73 bits per heavy atom. The van der Waals surface area contributed by atoms with Crippen LogP contribution in [0.1, 0.15) is 6.42 Å². The van der Waals surface area contributed by atoms with Crippen LogP contribution in [0.2, 0.25) is 0 Å². The number of ether oxygens (including phenoxy) is 1. The molecule has 0 saturated carbocycles. The molecule has 86 valence electrons. The van der Waals surface area contributed by atoms with Gasteiger partial charge in [-0.2, -0.15) is 0 Å². The van der Waals surface area contributed by atoms with Gasteiger partial charge in [-0.25, -0.2) is 5.84 Å². The molecule has 1 rings (SSSR count). The van der Waals surface area contributed by atoms with Crippen LogP contribution in [-0.4, -0.2) is 48.8 Å². The largest absolute Gasteiger partial charge is 0.378 e. The van der Waals surface area contributed by atoms with Gasteiger partial charge in [0.15, 0.2) is 5.11 Å². The smallest absolute Gasteiger partial charge is 0.224 e. The van der Waals surface area contributed by atoms with Crippen LogP contribution in [0.3, 0.4) is 0 Å². The van der Waals surface area contributed by atoms with Gasteiger partial charge in [-0.3, -0.25) is 4.79 Å². The Labute approximate surface area is 94.1 Å². The molecule has 1 amide bonds. The van der Waals surface area contributed by atoms with Crippen molar-refractivity contribution in [1.29, 1.82) is 0 Å². The second-order valence-electron chi connectivity index (χ2n) is 3.14. The molecule has 1 aliphatic heterocycles. The standard InChI is InChI=1S/C8H16N4O2S/c9-11-8(15)10-2-1-7(13)12-3-5-14-6-4-12/h1-6,9H2,(H2,10,11,15). The molecule has 0 aromatic rings. The number of hydrazine groups is 1. The summed E-state index contributed by atoms with van der Waals surface area (Å²) in [7, 11) is 0. The number of thiocarbonyl (C=S) groups is 1. The normalized spacial score (nSPS) is 15.9. The van der Waals surface area contributed by atoms with E-state index in [0.717, 1.165) is 0 Å². The van der Waals surface area contributed by atoms with E-state index in [2.05, 4.69) is 10.7 Å². The number of nitrogens with zero attached hydrogens (tertiary/aromatic N) is 1. The van der Waals surface area contributed by atoms with Gasteiger partial charge in [0, 0.05) is 26.1 Å². The van der Waals surface area contributed by atoms with Crippen LogP contribution >= 0.6 is 12.2 Å². The van der Waals surface area contributed by atoms with E-state index in [0.29, 0.717) is 44.4 Å². The predicted molar refractivity (Wildman–Crippen MR) is 59.9 cm³/mol. The maximum absolute atomic E-state index is 11.6. The van der Waals surface area contributed by atoms with Gasteiger partial charge in [0.05, 0.1) is 13.2 Å². The fourth-order valence-electron chi connectivity index (χ4n) is 1.30. The van der Waals surface area contributed by atoms with Gasteiger partial charge in [-0.05, 0) is 12.2 Å². The number of carbonyl (C=O) groups excluding carboxylic acids is 1. The number of carbonyl (C=O) groups is 1. The molecule has 7 heteroatoms. The topological polar surface area (TPSA) is 79.6 Å². The van der Waals surface area contributed by atoms with Crippen molar-refractivity contribution in [3.05, 3.63) is 0 Å². The third kappa shape index (κ3) is 4.41. The van der Waals surface area contributed by atoms with E-state index in [1.807, 2.05) is 0 Å². The average Bonchev–Trinajstić information content (AvgIpc) is 2.29. The van der Waals surface area contributed by atoms with E-state index < -0.39 is 0 Å². The van der Waals surface area contributed by atoms with Gasteiger partial charge < -0.3 is 20.4 Å². The third-order valence-corrected chi connectivity index (χ3v) is 2.38. The summed E-state index contributed by atoms with van der Waals surface area (Å²) in [5, 5.41) is 3.17. The fraction of sp³-hybridized carbons (Fsp3) is 0.750. The summed E-state index contributed by atoms with van der Waals surface area (Å²) in [6, 6.07) is 0. The van der Waals surface area contributed by atoms with Gasteiger partial charge >= 0.3 is 0 Å². The van der Waals surface area contributed by atoms with Crippen LogP contribution in [0.5, 0.6) is 0 Å². The molecular formula is C8H16N4O2S. The summed E-state index contributed by atoms with van der Waals surface area (Å²) in [4.78, 5) is 13.4. The molecule has 0 aliphatic carbocycles. The quantitative estimate of drug-likeness (QED) is 0.315. The maximum atomic E-state index is 11.6. The second kappa shape index (κ2) is 6.54. The molecule has 0 atom stereocenters. The lowest BCUT2D eigenvalue weighted by atomic mass is 10.3. The Balaban J connectivity index is 2.14. The second-order valence-corrected chi connectivity index (χ2v) is 3.55. The SMILES string of the molecule is NNC(=S)NCCC(=O)N1CCOCC1. The average molecular weight is 232 g/mol. The molecule has 6 nitrogen and oxygen atoms in total. The highest BCUT2D eigenvalue weighted by Gasteiger charge is 2.15. The number of nitrogens with two attached hydrogens (primary N) is 1. The van der Waals surface area contributed by atoms with Gasteiger partial charge in [-0.15, -0.1) is 0 Å². The number of morpholine rings is 1. The molecule has 1 saturated heterocycles. The monoisotopic (exact) mass is 232 g/mol. The van der Waals surface area contributed by atoms with Crippen molar-refractivity contribution in [3.8, 4) is 0 Å². The van der Waals surface area contributed by atoms with E-state index >= 15 is 0 Å². The van der Waals surface area contributed by atoms with Crippen molar-refractivity contribution in [1.82, 2.24) is 15.6 Å². The van der Waals surface area contributed by atoms with E-state index in [9.17, 15) is 4.79 Å². The van der Waals surface area contributed by atoms with Gasteiger partial charge in [0.1, 0.15) is 0 Å². The van der Waals surface area contributed by atoms with Crippen molar-refractivity contribution < 1.29 is 9.53 Å². The van der Waals surface area contributed by atoms with Crippen LogP contribution in [0, 0.1) is 0 Å². The van der Waals surface area contributed by atoms with Crippen molar-refractivity contribution in [2.24, 2.45) is 5.84 Å². The van der Waals surface area contributed by atoms with Crippen LogP contribution in [0.4, 0.5) is 0 Å². The van der Waals surface area contributed by atoms with Crippen LogP contribution in [0.15, 0.2) is 0 Å². The van der Waals surface area contributed by atoms with Crippen LogP contribution in [-0.2, 0) is 9.53 Å². The van der Waals surface area contributed by atoms with E-state index in [1.54, 1.807) is 4.90 Å². The molecule has 0 aromatic heterocycles. The molecule has 1 fully saturated rings. The van der Waals surface area contributed by atoms with Crippen molar-refractivity contribution >= 4 is 23.2 Å². The Bertz CT molecular complexity index is 231. The molecule has 4 N–H and O–H groups in total. The molecule has 1 aliphatic rings. The molecule has 0 spiro atoms. The molecule has 0 bridgehead atoms. The lowest BCUT2D eigenvalue weighted by molar-refractivity contribution is -0.135. The van der Waals surface area contributed by atoms with Crippen molar-refractivity contribution in [2.45, 2.75) is 6.42 Å². The first-order valence-corrected chi connectivity index (χ1v) is 5.25. The summed E-state index contributed by atoms with van der Waals surface area (Å²) in [6.45, 7) is 3.11. The summed E-state index contributed by atoms with van der Waals surface area (Å²) in [5.74, 6) is 5.18. The lowest BCUT2D eigenvalue weighted by Gasteiger charge is -2.26. The Hall–Kier alpha value is -0.920. The number of nitrogens with one attached hydrogen (secondary N) is 2. The predicted octanol–water partition coefficient (Wildman–Crippen LogP) is -1.43. The van der Waals surface area contributed by atoms with Gasteiger partial charge in [0.2, 0.25) is 5.91 Å². The minimum absolute atomic E-state index is 0.116.